The molecule has 0 saturated heterocycles. The van der Waals surface area contributed by atoms with Gasteiger partial charge in [-0.1, -0.05) is 146 Å². The summed E-state index contributed by atoms with van der Waals surface area (Å²) in [5, 5.41) is 1.17. The molecule has 9 aromatic rings. The highest BCUT2D eigenvalue weighted by Gasteiger charge is 2.53. The van der Waals surface area contributed by atoms with E-state index in [1.165, 1.54) is 49.9 Å². The molecule has 4 nitrogen and oxygen atoms in total. The van der Waals surface area contributed by atoms with E-state index in [1.54, 1.807) is 0 Å². The molecule has 0 fully saturated rings. The van der Waals surface area contributed by atoms with Gasteiger partial charge in [0.05, 0.1) is 11.1 Å². The Hall–Kier alpha value is -7.56. The number of benzene rings is 8. The summed E-state index contributed by atoms with van der Waals surface area (Å²) in [7, 11) is 0. The quantitative estimate of drug-likeness (QED) is 0.179. The Kier molecular flexibility index (Phi) is 6.74. The second-order valence-corrected chi connectivity index (χ2v) is 15.8. The van der Waals surface area contributed by atoms with Crippen LogP contribution in [0, 0.1) is 0 Å². The topological polar surface area (TPSA) is 34.8 Å². The molecule has 278 valence electrons. The number of anilines is 3. The monoisotopic (exact) mass is 757 g/mol. The molecule has 8 aromatic carbocycles. The van der Waals surface area contributed by atoms with Gasteiger partial charge in [-0.15, -0.1) is 0 Å². The summed E-state index contributed by atoms with van der Waals surface area (Å²) >= 11 is 0. The molecule has 0 atom stereocenters. The molecule has 13 rings (SSSR count). The predicted octanol–water partition coefficient (Wildman–Crippen LogP) is 14.8. The van der Waals surface area contributed by atoms with E-state index >= 15 is 0 Å². The summed E-state index contributed by atoms with van der Waals surface area (Å²) in [5.74, 6) is 3.86. The Morgan fingerprint density at radius 1 is 0.475 bits per heavy atom. The highest BCUT2D eigenvalue weighted by molar-refractivity contribution is 6.00. The van der Waals surface area contributed by atoms with E-state index in [0.29, 0.717) is 17.2 Å². The van der Waals surface area contributed by atoms with Gasteiger partial charge in [-0.2, -0.15) is 0 Å². The van der Waals surface area contributed by atoms with Crippen LogP contribution in [-0.4, -0.2) is 0 Å². The summed E-state index contributed by atoms with van der Waals surface area (Å²) in [6.07, 6.45) is 6.39. The molecule has 0 unspecified atom stereocenters. The molecule has 2 heterocycles. The number of fused-ring (bicyclic) bond motifs is 16. The molecule has 1 spiro atoms. The first kappa shape index (κ1) is 32.5. The van der Waals surface area contributed by atoms with E-state index in [9.17, 15) is 0 Å². The van der Waals surface area contributed by atoms with Gasteiger partial charge >= 0.3 is 0 Å². The van der Waals surface area contributed by atoms with Crippen LogP contribution in [0.25, 0.3) is 50.4 Å². The van der Waals surface area contributed by atoms with Crippen LogP contribution in [0.2, 0.25) is 0 Å². The van der Waals surface area contributed by atoms with Crippen molar-refractivity contribution in [2.24, 2.45) is 0 Å². The summed E-state index contributed by atoms with van der Waals surface area (Å²) in [4.78, 5) is 2.25. The van der Waals surface area contributed by atoms with Gasteiger partial charge < -0.3 is 18.8 Å². The maximum absolute atomic E-state index is 7.10. The van der Waals surface area contributed by atoms with Gasteiger partial charge in [0.1, 0.15) is 11.3 Å². The van der Waals surface area contributed by atoms with Crippen molar-refractivity contribution < 1.29 is 13.9 Å². The number of allylic oxidation sites excluding steroid dienone is 1. The summed E-state index contributed by atoms with van der Waals surface area (Å²) < 4.78 is 20.7. The average molecular weight is 758 g/mol. The standard InChI is InChI=1S/C55H35NO3/c1-2-14-35(15-3-1)56(36-30-28-34(29-31-36)37-20-12-21-41-40-18-7-11-26-48(40)57-52(37)41)47-25-13-27-49-53(47)58-50-33-32-46-51(54(50)59-49)42-19-6-10-24-45(42)55(46)43-22-8-4-16-38(43)39-17-5-9-23-44(39)55/h1-10,12-25,27-33H,11,26H2. The van der Waals surface area contributed by atoms with Crippen LogP contribution in [-0.2, 0) is 11.8 Å². The maximum atomic E-state index is 7.10. The summed E-state index contributed by atoms with van der Waals surface area (Å²) in [5.41, 5.74) is 16.7. The number of para-hydroxylation sites is 3. The molecule has 0 N–H and O–H groups in total. The summed E-state index contributed by atoms with van der Waals surface area (Å²) in [6, 6.07) is 62.8. The van der Waals surface area contributed by atoms with Crippen molar-refractivity contribution in [1.82, 2.24) is 0 Å². The molecule has 1 aromatic heterocycles. The van der Waals surface area contributed by atoms with Crippen molar-refractivity contribution in [3.8, 4) is 56.4 Å². The van der Waals surface area contributed by atoms with Gasteiger partial charge in [-0.3, -0.25) is 0 Å². The molecule has 4 heteroatoms. The number of ether oxygens (including phenoxy) is 2. The number of hydrogen-bond donors (Lipinski definition) is 0. The van der Waals surface area contributed by atoms with Crippen LogP contribution in [0.3, 0.4) is 0 Å². The zero-order valence-corrected chi connectivity index (χ0v) is 32.0. The number of nitrogens with zero attached hydrogens (tertiary/aromatic N) is 1. The predicted molar refractivity (Wildman–Crippen MR) is 237 cm³/mol. The Bertz CT molecular complexity index is 3180. The minimum absolute atomic E-state index is 0.464. The average Bonchev–Trinajstić information content (AvgIpc) is 3.94. The maximum Gasteiger partial charge on any atom is 0.194 e. The molecule has 0 amide bonds. The lowest BCUT2D eigenvalue weighted by molar-refractivity contribution is 0.361. The van der Waals surface area contributed by atoms with Crippen molar-refractivity contribution in [2.75, 3.05) is 4.90 Å². The van der Waals surface area contributed by atoms with E-state index in [2.05, 4.69) is 181 Å². The third kappa shape index (κ3) is 4.43. The fourth-order valence-electron chi connectivity index (χ4n) is 10.4. The Labute approximate surface area is 341 Å². The van der Waals surface area contributed by atoms with Gasteiger partial charge in [0.15, 0.2) is 23.0 Å². The van der Waals surface area contributed by atoms with Gasteiger partial charge in [0.2, 0.25) is 0 Å². The highest BCUT2D eigenvalue weighted by Crippen LogP contribution is 2.66. The van der Waals surface area contributed by atoms with E-state index in [4.69, 9.17) is 13.9 Å². The van der Waals surface area contributed by atoms with Crippen LogP contribution in [0.15, 0.2) is 186 Å². The molecule has 0 saturated carbocycles. The minimum Gasteiger partial charge on any atom is -0.460 e. The van der Waals surface area contributed by atoms with Crippen molar-refractivity contribution in [2.45, 2.75) is 18.3 Å². The zero-order valence-electron chi connectivity index (χ0n) is 32.0. The molecule has 1 aliphatic heterocycles. The SMILES string of the molecule is C1=Cc2c(oc3c(-c4ccc(N(c5ccccc5)c5cccc6c5Oc5ccc7c(c5O6)-c5ccccc5C75c6ccccc6-c6ccccc65)cc4)cccc23)CC1. The first-order valence-electron chi connectivity index (χ1n) is 20.4. The molecular formula is C55H35NO3. The van der Waals surface area contributed by atoms with Gasteiger partial charge in [-0.25, -0.2) is 0 Å². The highest BCUT2D eigenvalue weighted by atomic mass is 16.6. The van der Waals surface area contributed by atoms with Crippen LogP contribution in [0.1, 0.15) is 40.0 Å². The number of furan rings is 1. The third-order valence-corrected chi connectivity index (χ3v) is 12.8. The lowest BCUT2D eigenvalue weighted by Gasteiger charge is -2.32. The smallest absolute Gasteiger partial charge is 0.194 e. The molecule has 59 heavy (non-hydrogen) atoms. The van der Waals surface area contributed by atoms with E-state index in [1.807, 2.05) is 12.1 Å². The molecule has 0 bridgehead atoms. The van der Waals surface area contributed by atoms with Crippen LogP contribution in [0.5, 0.6) is 23.0 Å². The van der Waals surface area contributed by atoms with Crippen molar-refractivity contribution >= 4 is 34.1 Å². The molecule has 0 radical (unpaired) electrons. The lowest BCUT2D eigenvalue weighted by Crippen LogP contribution is -2.25. The Morgan fingerprint density at radius 2 is 1.10 bits per heavy atom. The summed E-state index contributed by atoms with van der Waals surface area (Å²) in [6.45, 7) is 0. The van der Waals surface area contributed by atoms with Crippen LogP contribution < -0.4 is 14.4 Å². The lowest BCUT2D eigenvalue weighted by atomic mass is 9.70. The molecule has 3 aliphatic carbocycles. The second kappa shape index (κ2) is 12.2. The van der Waals surface area contributed by atoms with E-state index in [0.717, 1.165) is 63.7 Å². The second-order valence-electron chi connectivity index (χ2n) is 15.8. The van der Waals surface area contributed by atoms with E-state index < -0.39 is 5.41 Å². The zero-order chi connectivity index (χ0) is 38.7. The molecular weight excluding hydrogens is 723 g/mol. The number of hydrogen-bond acceptors (Lipinski definition) is 4. The number of rotatable bonds is 4. The van der Waals surface area contributed by atoms with Gasteiger partial charge in [0, 0.05) is 39.9 Å². The first-order valence-corrected chi connectivity index (χ1v) is 20.4. The first-order chi connectivity index (χ1) is 29.3. The number of aryl methyl sites for hydroxylation is 1. The molecule has 4 aliphatic rings. The minimum atomic E-state index is -0.464. The Morgan fingerprint density at radius 3 is 1.88 bits per heavy atom. The van der Waals surface area contributed by atoms with Crippen molar-refractivity contribution in [3.05, 3.63) is 216 Å². The Balaban J connectivity index is 0.935. The fraction of sp³-hybridized carbons (Fsp3) is 0.0545. The van der Waals surface area contributed by atoms with Crippen LogP contribution in [0.4, 0.5) is 17.1 Å². The third-order valence-electron chi connectivity index (χ3n) is 12.8. The normalized spacial score (nSPS) is 14.3. The van der Waals surface area contributed by atoms with Crippen molar-refractivity contribution in [3.63, 3.8) is 0 Å². The van der Waals surface area contributed by atoms with E-state index in [-0.39, 0.29) is 0 Å². The van der Waals surface area contributed by atoms with Gasteiger partial charge in [0.25, 0.3) is 0 Å². The fourth-order valence-corrected chi connectivity index (χ4v) is 10.4. The van der Waals surface area contributed by atoms with Crippen LogP contribution >= 0.6 is 0 Å². The largest absolute Gasteiger partial charge is 0.460 e. The van der Waals surface area contributed by atoms with Gasteiger partial charge in [-0.05, 0) is 93.4 Å². The van der Waals surface area contributed by atoms with Crippen molar-refractivity contribution in [1.29, 1.82) is 0 Å².